The minimum absolute atomic E-state index is 0.117. The molecule has 84 valence electrons. The molecule has 0 unspecified atom stereocenters. The van der Waals surface area contributed by atoms with E-state index in [9.17, 15) is 9.59 Å². The van der Waals surface area contributed by atoms with Gasteiger partial charge in [-0.15, -0.1) is 0 Å². The van der Waals surface area contributed by atoms with Gasteiger partial charge in [-0.05, 0) is 12.5 Å². The van der Waals surface area contributed by atoms with Crippen LogP contribution in [0.15, 0.2) is 24.3 Å². The number of hydrogen-bond acceptors (Lipinski definition) is 3. The van der Waals surface area contributed by atoms with Crippen molar-refractivity contribution in [1.29, 1.82) is 0 Å². The van der Waals surface area contributed by atoms with Crippen molar-refractivity contribution >= 4 is 11.8 Å². The van der Waals surface area contributed by atoms with Gasteiger partial charge in [-0.2, -0.15) is 0 Å². The van der Waals surface area contributed by atoms with Gasteiger partial charge in [0.2, 0.25) is 0 Å². The van der Waals surface area contributed by atoms with Gasteiger partial charge < -0.3 is 4.74 Å². The standard InChI is InChI=1S/C13H14O3/c1-9-3-5-10(6-4-9)13(12(15)16-2)7-11(14)8-13/h3-6H,7-8H2,1-2H3. The summed E-state index contributed by atoms with van der Waals surface area (Å²) in [4.78, 5) is 22.9. The molecule has 0 spiro atoms. The number of ether oxygens (including phenoxy) is 1. The van der Waals surface area contributed by atoms with Gasteiger partial charge >= 0.3 is 5.97 Å². The summed E-state index contributed by atoms with van der Waals surface area (Å²) in [6.07, 6.45) is 0.533. The van der Waals surface area contributed by atoms with Crippen molar-refractivity contribution in [3.8, 4) is 0 Å². The van der Waals surface area contributed by atoms with Gasteiger partial charge in [0.05, 0.1) is 7.11 Å². The van der Waals surface area contributed by atoms with Crippen LogP contribution in [0, 0.1) is 6.92 Å². The third kappa shape index (κ3) is 1.52. The van der Waals surface area contributed by atoms with E-state index in [4.69, 9.17) is 4.74 Å². The minimum Gasteiger partial charge on any atom is -0.468 e. The third-order valence-corrected chi connectivity index (χ3v) is 3.18. The number of carbonyl (C=O) groups excluding carboxylic acids is 2. The van der Waals surface area contributed by atoms with Crippen LogP contribution in [0.3, 0.4) is 0 Å². The Balaban J connectivity index is 2.37. The molecule has 1 aromatic carbocycles. The fourth-order valence-corrected chi connectivity index (χ4v) is 2.16. The number of hydrogen-bond donors (Lipinski definition) is 0. The molecule has 1 saturated carbocycles. The SMILES string of the molecule is COC(=O)C1(c2ccc(C)cc2)CC(=O)C1. The molecule has 0 saturated heterocycles. The molecule has 0 aliphatic heterocycles. The maximum absolute atomic E-state index is 11.8. The second kappa shape index (κ2) is 3.74. The fourth-order valence-electron chi connectivity index (χ4n) is 2.16. The Bertz CT molecular complexity index is 423. The molecule has 0 aromatic heterocycles. The molecule has 3 nitrogen and oxygen atoms in total. The Labute approximate surface area is 94.4 Å². The van der Waals surface area contributed by atoms with Gasteiger partial charge in [-0.25, -0.2) is 0 Å². The lowest BCUT2D eigenvalue weighted by atomic mass is 9.63. The summed E-state index contributed by atoms with van der Waals surface area (Å²) in [6, 6.07) is 7.70. The molecule has 2 rings (SSSR count). The van der Waals surface area contributed by atoms with E-state index < -0.39 is 5.41 Å². The smallest absolute Gasteiger partial charge is 0.317 e. The van der Waals surface area contributed by atoms with E-state index in [1.54, 1.807) is 0 Å². The first-order valence-corrected chi connectivity index (χ1v) is 5.26. The zero-order chi connectivity index (χ0) is 11.8. The predicted molar refractivity (Wildman–Crippen MR) is 59.1 cm³/mol. The van der Waals surface area contributed by atoms with Gasteiger partial charge in [0.1, 0.15) is 11.2 Å². The molecule has 0 amide bonds. The van der Waals surface area contributed by atoms with Crippen LogP contribution >= 0.6 is 0 Å². The lowest BCUT2D eigenvalue weighted by Gasteiger charge is -2.37. The van der Waals surface area contributed by atoms with Crippen LogP contribution in [-0.2, 0) is 19.7 Å². The Morgan fingerprint density at radius 2 is 1.81 bits per heavy atom. The second-order valence-corrected chi connectivity index (χ2v) is 4.33. The highest BCUT2D eigenvalue weighted by Gasteiger charge is 2.52. The molecule has 1 aliphatic carbocycles. The molecular weight excluding hydrogens is 204 g/mol. The van der Waals surface area contributed by atoms with Crippen LogP contribution in [0.5, 0.6) is 0 Å². The maximum atomic E-state index is 11.8. The average Bonchev–Trinajstić information content (AvgIpc) is 2.25. The van der Waals surface area contributed by atoms with E-state index in [0.29, 0.717) is 0 Å². The molecule has 3 heteroatoms. The highest BCUT2D eigenvalue weighted by molar-refractivity contribution is 6.02. The van der Waals surface area contributed by atoms with Crippen molar-refractivity contribution in [1.82, 2.24) is 0 Å². The molecule has 16 heavy (non-hydrogen) atoms. The van der Waals surface area contributed by atoms with Gasteiger partial charge in [-0.1, -0.05) is 29.8 Å². The summed E-state index contributed by atoms with van der Waals surface area (Å²) in [7, 11) is 1.36. The molecule has 0 N–H and O–H groups in total. The van der Waals surface area contributed by atoms with Crippen molar-refractivity contribution in [2.45, 2.75) is 25.2 Å². The molecule has 0 radical (unpaired) electrons. The summed E-state index contributed by atoms with van der Waals surface area (Å²) >= 11 is 0. The first kappa shape index (κ1) is 10.9. The normalized spacial score (nSPS) is 17.8. The van der Waals surface area contributed by atoms with E-state index in [2.05, 4.69) is 0 Å². The van der Waals surface area contributed by atoms with E-state index in [1.165, 1.54) is 7.11 Å². The Morgan fingerprint density at radius 1 is 1.25 bits per heavy atom. The first-order valence-electron chi connectivity index (χ1n) is 5.26. The van der Waals surface area contributed by atoms with Crippen LogP contribution in [0.2, 0.25) is 0 Å². The molecule has 0 heterocycles. The molecular formula is C13H14O3. The minimum atomic E-state index is -0.723. The number of rotatable bonds is 2. The first-order chi connectivity index (χ1) is 7.58. The summed E-state index contributed by atoms with van der Waals surface area (Å²) in [5, 5.41) is 0. The van der Waals surface area contributed by atoms with Gasteiger partial charge in [0, 0.05) is 12.8 Å². The number of benzene rings is 1. The van der Waals surface area contributed by atoms with Crippen LogP contribution in [0.25, 0.3) is 0 Å². The summed E-state index contributed by atoms with van der Waals surface area (Å²) < 4.78 is 4.80. The topological polar surface area (TPSA) is 43.4 Å². The van der Waals surface area contributed by atoms with Crippen molar-refractivity contribution in [2.24, 2.45) is 0 Å². The van der Waals surface area contributed by atoms with Crippen molar-refractivity contribution in [3.05, 3.63) is 35.4 Å². The van der Waals surface area contributed by atoms with Gasteiger partial charge in [0.25, 0.3) is 0 Å². The number of Topliss-reactive ketones (excluding diaryl/α,β-unsaturated/α-hetero) is 1. The maximum Gasteiger partial charge on any atom is 0.317 e. The quantitative estimate of drug-likeness (QED) is 0.710. The van der Waals surface area contributed by atoms with Crippen LogP contribution < -0.4 is 0 Å². The monoisotopic (exact) mass is 218 g/mol. The third-order valence-electron chi connectivity index (χ3n) is 3.18. The summed E-state index contributed by atoms with van der Waals surface area (Å²) in [5.74, 6) is -0.193. The second-order valence-electron chi connectivity index (χ2n) is 4.33. The largest absolute Gasteiger partial charge is 0.468 e. The van der Waals surface area contributed by atoms with Crippen LogP contribution in [-0.4, -0.2) is 18.9 Å². The zero-order valence-corrected chi connectivity index (χ0v) is 9.45. The number of methoxy groups -OCH3 is 1. The van der Waals surface area contributed by atoms with Gasteiger partial charge in [0.15, 0.2) is 0 Å². The highest BCUT2D eigenvalue weighted by Crippen LogP contribution is 2.42. The van der Waals surface area contributed by atoms with Crippen LogP contribution in [0.1, 0.15) is 24.0 Å². The van der Waals surface area contributed by atoms with E-state index >= 15 is 0 Å². The molecule has 0 atom stereocenters. The Morgan fingerprint density at radius 3 is 2.25 bits per heavy atom. The Kier molecular flexibility index (Phi) is 2.54. The van der Waals surface area contributed by atoms with Gasteiger partial charge in [-0.3, -0.25) is 9.59 Å². The zero-order valence-electron chi connectivity index (χ0n) is 9.45. The average molecular weight is 218 g/mol. The van der Waals surface area contributed by atoms with Crippen molar-refractivity contribution < 1.29 is 14.3 Å². The lowest BCUT2D eigenvalue weighted by molar-refractivity contribution is -0.156. The number of esters is 1. The molecule has 1 fully saturated rings. The molecule has 0 bridgehead atoms. The Hall–Kier alpha value is -1.64. The predicted octanol–water partition coefficient (Wildman–Crippen LogP) is 1.77. The highest BCUT2D eigenvalue weighted by atomic mass is 16.5. The van der Waals surface area contributed by atoms with Crippen LogP contribution in [0.4, 0.5) is 0 Å². The van der Waals surface area contributed by atoms with Crippen molar-refractivity contribution in [2.75, 3.05) is 7.11 Å². The summed E-state index contributed by atoms with van der Waals surface area (Å²) in [6.45, 7) is 1.99. The van der Waals surface area contributed by atoms with E-state index in [0.717, 1.165) is 11.1 Å². The number of ketones is 1. The number of aryl methyl sites for hydroxylation is 1. The molecule has 1 aliphatic rings. The fraction of sp³-hybridized carbons (Fsp3) is 0.385. The van der Waals surface area contributed by atoms with E-state index in [-0.39, 0.29) is 24.6 Å². The number of carbonyl (C=O) groups is 2. The molecule has 1 aromatic rings. The van der Waals surface area contributed by atoms with E-state index in [1.807, 2.05) is 31.2 Å². The lowest BCUT2D eigenvalue weighted by Crippen LogP contribution is -2.48. The van der Waals surface area contributed by atoms with Crippen molar-refractivity contribution in [3.63, 3.8) is 0 Å². The summed E-state index contributed by atoms with van der Waals surface area (Å²) in [5.41, 5.74) is 1.29.